The Labute approximate surface area is 282 Å². The molecule has 5 aromatic carbocycles. The van der Waals surface area contributed by atoms with E-state index in [0.717, 1.165) is 61.7 Å². The molecule has 4 heterocycles. The first-order valence-electron chi connectivity index (χ1n) is 15.2. The Morgan fingerprint density at radius 3 is 2.22 bits per heavy atom. The van der Waals surface area contributed by atoms with Crippen molar-refractivity contribution < 1.29 is 25.6 Å². The number of para-hydroxylation sites is 2. The van der Waals surface area contributed by atoms with Gasteiger partial charge in [0.25, 0.3) is 0 Å². The van der Waals surface area contributed by atoms with Crippen LogP contribution in [0, 0.1) is 12.1 Å². The fraction of sp³-hybridized carbons (Fsp3) is 0.0750. The summed E-state index contributed by atoms with van der Waals surface area (Å²) in [4.78, 5) is 12.0. The molecule has 0 spiro atoms. The van der Waals surface area contributed by atoms with E-state index in [4.69, 9.17) is 9.98 Å². The van der Waals surface area contributed by atoms with Crippen molar-refractivity contribution in [3.8, 4) is 28.1 Å². The van der Waals surface area contributed by atoms with Gasteiger partial charge in [-0.15, -0.1) is 29.1 Å². The molecule has 6 heteroatoms. The zero-order valence-corrected chi connectivity index (χ0v) is 27.5. The van der Waals surface area contributed by atoms with Gasteiger partial charge in [-0.2, -0.15) is 18.2 Å². The fourth-order valence-corrected chi connectivity index (χ4v) is 6.97. The molecule has 2 aliphatic heterocycles. The summed E-state index contributed by atoms with van der Waals surface area (Å²) in [5, 5.41) is 2.31. The minimum Gasteiger partial charge on any atom is -0.357 e. The number of benzene rings is 5. The summed E-state index contributed by atoms with van der Waals surface area (Å²) in [5.74, 6) is 0.865. The van der Waals surface area contributed by atoms with Gasteiger partial charge >= 0.3 is 21.1 Å². The largest absolute Gasteiger partial charge is 2.00 e. The molecule has 2 aliphatic rings. The van der Waals surface area contributed by atoms with Crippen molar-refractivity contribution in [2.24, 2.45) is 4.99 Å². The molecule has 0 bridgehead atoms. The molecule has 46 heavy (non-hydrogen) atoms. The zero-order chi connectivity index (χ0) is 30.1. The zero-order valence-electron chi connectivity index (χ0n) is 25.3. The van der Waals surface area contributed by atoms with Crippen molar-refractivity contribution in [1.29, 1.82) is 0 Å². The van der Waals surface area contributed by atoms with Crippen LogP contribution < -0.4 is 4.90 Å². The van der Waals surface area contributed by atoms with Crippen LogP contribution in [0.1, 0.15) is 18.7 Å². The smallest absolute Gasteiger partial charge is 0.357 e. The molecule has 0 N–H and O–H groups in total. The van der Waals surface area contributed by atoms with Crippen LogP contribution in [0.25, 0.3) is 49.9 Å². The van der Waals surface area contributed by atoms with Crippen LogP contribution in [0.4, 0.5) is 17.1 Å². The number of aliphatic imine (C=N–C) groups is 1. The van der Waals surface area contributed by atoms with Crippen molar-refractivity contribution in [2.45, 2.75) is 13.1 Å². The molecule has 0 saturated heterocycles. The number of hydrogen-bond donors (Lipinski definition) is 0. The number of fused-ring (bicyclic) bond motifs is 8. The Balaban J connectivity index is 0.00000312. The first-order chi connectivity index (χ1) is 22.2. The fourth-order valence-electron chi connectivity index (χ4n) is 6.97. The third-order valence-electron chi connectivity index (χ3n) is 8.89. The molecule has 1 atom stereocenters. The summed E-state index contributed by atoms with van der Waals surface area (Å²) in [7, 11) is 2.07. The van der Waals surface area contributed by atoms with Gasteiger partial charge < -0.3 is 9.47 Å². The Morgan fingerprint density at radius 2 is 1.43 bits per heavy atom. The first kappa shape index (κ1) is 28.4. The van der Waals surface area contributed by atoms with E-state index in [-0.39, 0.29) is 27.2 Å². The summed E-state index contributed by atoms with van der Waals surface area (Å²) in [5.41, 5.74) is 11.8. The van der Waals surface area contributed by atoms with Gasteiger partial charge in [-0.25, -0.2) is 14.6 Å². The topological polar surface area (TPSA) is 36.4 Å². The number of nitrogens with zero attached hydrogens (tertiary/aromatic N) is 5. The van der Waals surface area contributed by atoms with Crippen LogP contribution in [-0.2, 0) is 21.1 Å². The molecular weight excluding hydrogens is 746 g/mol. The average molecular weight is 774 g/mol. The van der Waals surface area contributed by atoms with Crippen molar-refractivity contribution in [1.82, 2.24) is 9.55 Å². The monoisotopic (exact) mass is 773 g/mol. The molecule has 9 rings (SSSR count). The minimum atomic E-state index is -0.121. The van der Waals surface area contributed by atoms with E-state index in [1.165, 1.54) is 16.5 Å². The Bertz CT molecular complexity index is 2370. The average Bonchev–Trinajstić information content (AvgIpc) is 3.56. The standard InChI is InChI=1S/C40H28N5.Pt/c1-26-25-43(2)40(42-26)27-18-20-33-30-12-4-3-11-29(30)31-13-5-7-15-35(31)44(37(33)23-27)28-19-21-34-32-14-6-8-16-36(32)45(38(34)24-28)39-17-9-10-22-41-39;/h3-22,25,40H,1-2H3;/q-1;+2. The Kier molecular flexibility index (Phi) is 6.81. The summed E-state index contributed by atoms with van der Waals surface area (Å²) in [6.07, 6.45) is 3.81. The van der Waals surface area contributed by atoms with E-state index in [1.807, 2.05) is 25.3 Å². The number of hydrogen-bond acceptors (Lipinski definition) is 3. The van der Waals surface area contributed by atoms with Crippen LogP contribution in [0.15, 0.2) is 126 Å². The minimum absolute atomic E-state index is 0. The number of rotatable bonds is 3. The van der Waals surface area contributed by atoms with Gasteiger partial charge in [0, 0.05) is 23.0 Å². The van der Waals surface area contributed by atoms with E-state index >= 15 is 0 Å². The molecule has 5 nitrogen and oxygen atoms in total. The molecule has 0 radical (unpaired) electrons. The van der Waals surface area contributed by atoms with Crippen molar-refractivity contribution in [2.75, 3.05) is 11.9 Å². The maximum Gasteiger partial charge on any atom is 2.00 e. The molecule has 7 aromatic rings. The maximum atomic E-state index is 4.93. The van der Waals surface area contributed by atoms with E-state index in [2.05, 4.69) is 143 Å². The van der Waals surface area contributed by atoms with E-state index in [1.54, 1.807) is 0 Å². The van der Waals surface area contributed by atoms with Gasteiger partial charge in [0.2, 0.25) is 6.17 Å². The van der Waals surface area contributed by atoms with Gasteiger partial charge in [0.15, 0.2) is 6.21 Å². The van der Waals surface area contributed by atoms with E-state index in [9.17, 15) is 0 Å². The van der Waals surface area contributed by atoms with Gasteiger partial charge in [-0.1, -0.05) is 94.7 Å². The number of aromatic nitrogens is 2. The summed E-state index contributed by atoms with van der Waals surface area (Å²) >= 11 is 0. The molecule has 0 aliphatic carbocycles. The first-order valence-corrected chi connectivity index (χ1v) is 15.2. The quantitative estimate of drug-likeness (QED) is 0.133. The third-order valence-corrected chi connectivity index (χ3v) is 8.89. The van der Waals surface area contributed by atoms with Crippen LogP contribution in [0.5, 0.6) is 0 Å². The number of anilines is 3. The molecule has 1 unspecified atom stereocenters. The van der Waals surface area contributed by atoms with E-state index < -0.39 is 0 Å². The maximum absolute atomic E-state index is 4.93. The Hall–Kier alpha value is -5.12. The second-order valence-corrected chi connectivity index (χ2v) is 11.7. The van der Waals surface area contributed by atoms with Crippen molar-refractivity contribution in [3.05, 3.63) is 139 Å². The van der Waals surface area contributed by atoms with Gasteiger partial charge in [-0.05, 0) is 42.1 Å². The van der Waals surface area contributed by atoms with Crippen LogP contribution in [0.2, 0.25) is 0 Å². The van der Waals surface area contributed by atoms with Crippen LogP contribution >= 0.6 is 0 Å². The predicted octanol–water partition coefficient (Wildman–Crippen LogP) is 9.08. The molecule has 0 fully saturated rings. The molecular formula is C40H28N5Pt+. The molecule has 2 aromatic heterocycles. The Morgan fingerprint density at radius 1 is 0.696 bits per heavy atom. The summed E-state index contributed by atoms with van der Waals surface area (Å²) < 4.78 is 4.37. The molecule has 0 amide bonds. The normalized spacial score (nSPS) is 15.0. The van der Waals surface area contributed by atoms with Crippen molar-refractivity contribution >= 4 is 50.8 Å². The van der Waals surface area contributed by atoms with E-state index in [0.29, 0.717) is 0 Å². The van der Waals surface area contributed by atoms with Gasteiger partial charge in [0.05, 0.1) is 0 Å². The van der Waals surface area contributed by atoms with Gasteiger partial charge in [-0.3, -0.25) is 0 Å². The van der Waals surface area contributed by atoms with Gasteiger partial charge in [0.1, 0.15) is 18.6 Å². The summed E-state index contributed by atoms with van der Waals surface area (Å²) in [6.45, 7) is 2.05. The molecule has 222 valence electrons. The summed E-state index contributed by atoms with van der Waals surface area (Å²) in [6, 6.07) is 48.4. The number of pyridine rings is 1. The SMILES string of the molecule is CC1=NC(c2[c-]c3c(cc2)-c2ccccc2-c2ccccc2N3c2[c-]c3c(cc2)c2ccccc2n3-c2ccccn2)[N+](C)=C1.[Pt+2]. The third kappa shape index (κ3) is 4.30. The van der Waals surface area contributed by atoms with Crippen molar-refractivity contribution in [3.63, 3.8) is 0 Å². The molecule has 0 saturated carbocycles. The second kappa shape index (κ2) is 11.0. The van der Waals surface area contributed by atoms with Crippen LogP contribution in [-0.4, -0.2) is 33.1 Å². The van der Waals surface area contributed by atoms with Crippen LogP contribution in [0.3, 0.4) is 0 Å². The predicted molar refractivity (Wildman–Crippen MR) is 183 cm³/mol. The second-order valence-electron chi connectivity index (χ2n) is 11.7.